The molecule has 110 valence electrons. The molecule has 2 unspecified atom stereocenters. The first kappa shape index (κ1) is 15.6. The van der Waals surface area contributed by atoms with E-state index in [1.54, 1.807) is 6.92 Å². The van der Waals surface area contributed by atoms with Crippen molar-refractivity contribution >= 4 is 12.0 Å². The molecule has 5 nitrogen and oxygen atoms in total. The van der Waals surface area contributed by atoms with Crippen molar-refractivity contribution in [1.29, 1.82) is 0 Å². The average molecular weight is 282 g/mol. The van der Waals surface area contributed by atoms with Crippen LogP contribution >= 0.6 is 0 Å². The lowest BCUT2D eigenvalue weighted by molar-refractivity contribution is -0.226. The normalized spacial score (nSPS) is 25.2. The van der Waals surface area contributed by atoms with Gasteiger partial charge < -0.3 is 15.3 Å². The second-order valence-electron chi connectivity index (χ2n) is 4.82. The van der Waals surface area contributed by atoms with Crippen LogP contribution in [0, 0.1) is 5.41 Å². The third-order valence-corrected chi connectivity index (χ3v) is 3.49. The van der Waals surface area contributed by atoms with Gasteiger partial charge in [-0.1, -0.05) is 6.92 Å². The highest BCUT2D eigenvalue weighted by Gasteiger charge is 2.64. The number of aliphatic carboxylic acids is 1. The number of carbonyl (C=O) groups excluding carboxylic acids is 1. The van der Waals surface area contributed by atoms with E-state index >= 15 is 0 Å². The molecule has 0 aromatic heterocycles. The fourth-order valence-corrected chi connectivity index (χ4v) is 1.91. The Hall–Kier alpha value is -1.47. The number of hydrogen-bond donors (Lipinski definition) is 2. The fourth-order valence-electron chi connectivity index (χ4n) is 1.91. The predicted molar refractivity (Wildman–Crippen MR) is 60.6 cm³/mol. The van der Waals surface area contributed by atoms with Gasteiger partial charge in [-0.15, -0.1) is 0 Å². The van der Waals surface area contributed by atoms with Crippen molar-refractivity contribution in [2.45, 2.75) is 38.9 Å². The van der Waals surface area contributed by atoms with Gasteiger partial charge in [0.05, 0.1) is 0 Å². The summed E-state index contributed by atoms with van der Waals surface area (Å²) in [5, 5.41) is 11.4. The topological polar surface area (TPSA) is 69.6 Å². The van der Waals surface area contributed by atoms with Crippen molar-refractivity contribution < 1.29 is 27.9 Å². The van der Waals surface area contributed by atoms with Gasteiger partial charge in [0.2, 0.25) is 0 Å². The van der Waals surface area contributed by atoms with E-state index in [0.29, 0.717) is 6.42 Å². The number of halogens is 3. The summed E-state index contributed by atoms with van der Waals surface area (Å²) in [6, 6.07) is -0.820. The number of carboxylic acid groups (broad SMARTS) is 1. The maximum atomic E-state index is 12.9. The summed E-state index contributed by atoms with van der Waals surface area (Å²) < 4.78 is 38.7. The number of carbonyl (C=O) groups is 2. The summed E-state index contributed by atoms with van der Waals surface area (Å²) in [7, 11) is 0. The van der Waals surface area contributed by atoms with Crippen molar-refractivity contribution in [3.63, 3.8) is 0 Å². The van der Waals surface area contributed by atoms with Crippen LogP contribution in [0.5, 0.6) is 0 Å². The van der Waals surface area contributed by atoms with Gasteiger partial charge in [-0.25, -0.2) is 4.79 Å². The molecule has 2 atom stereocenters. The number of rotatable bonds is 3. The van der Waals surface area contributed by atoms with Gasteiger partial charge in [0.25, 0.3) is 0 Å². The Morgan fingerprint density at radius 1 is 1.47 bits per heavy atom. The van der Waals surface area contributed by atoms with Crippen LogP contribution in [-0.4, -0.2) is 47.3 Å². The average Bonchev–Trinajstić information content (AvgIpc) is 2.74. The summed E-state index contributed by atoms with van der Waals surface area (Å²) in [5.74, 6) is -1.93. The van der Waals surface area contributed by atoms with Gasteiger partial charge in [0.15, 0.2) is 5.41 Å². The molecule has 0 bridgehead atoms. The van der Waals surface area contributed by atoms with Crippen LogP contribution in [0.4, 0.5) is 18.0 Å². The SMILES string of the molecule is CCC(C)NC(=O)N1CCC(C(=O)O)(C(F)(F)F)C1. The Morgan fingerprint density at radius 2 is 2.05 bits per heavy atom. The maximum absolute atomic E-state index is 12.9. The van der Waals surface area contributed by atoms with Crippen molar-refractivity contribution in [1.82, 2.24) is 10.2 Å². The molecule has 1 aliphatic rings. The number of hydrogen-bond acceptors (Lipinski definition) is 2. The number of nitrogens with one attached hydrogen (secondary N) is 1. The maximum Gasteiger partial charge on any atom is 0.406 e. The molecule has 8 heteroatoms. The standard InChI is InChI=1S/C11H17F3N2O3/c1-3-7(2)15-9(19)16-5-4-10(6-16,8(17)18)11(12,13)14/h7H,3-6H2,1-2H3,(H,15,19)(H,17,18). The van der Waals surface area contributed by atoms with E-state index in [1.807, 2.05) is 6.92 Å². The summed E-state index contributed by atoms with van der Waals surface area (Å²) >= 11 is 0. The minimum absolute atomic E-state index is 0.168. The lowest BCUT2D eigenvalue weighted by atomic mass is 9.86. The highest BCUT2D eigenvalue weighted by atomic mass is 19.4. The second kappa shape index (κ2) is 5.26. The second-order valence-corrected chi connectivity index (χ2v) is 4.82. The van der Waals surface area contributed by atoms with E-state index in [0.717, 1.165) is 4.90 Å². The molecule has 0 radical (unpaired) electrons. The molecule has 0 aromatic rings. The highest BCUT2D eigenvalue weighted by Crippen LogP contribution is 2.45. The molecular formula is C11H17F3N2O3. The Labute approximate surface area is 108 Å². The van der Waals surface area contributed by atoms with E-state index in [1.165, 1.54) is 0 Å². The number of likely N-dealkylation sites (tertiary alicyclic amines) is 1. The van der Waals surface area contributed by atoms with E-state index < -0.39 is 36.6 Å². The first-order valence-electron chi connectivity index (χ1n) is 5.99. The molecule has 2 N–H and O–H groups in total. The van der Waals surface area contributed by atoms with Crippen LogP contribution in [0.1, 0.15) is 26.7 Å². The lowest BCUT2D eigenvalue weighted by Crippen LogP contribution is -2.49. The van der Waals surface area contributed by atoms with Crippen LogP contribution < -0.4 is 5.32 Å². The fraction of sp³-hybridized carbons (Fsp3) is 0.818. The number of alkyl halides is 3. The predicted octanol–water partition coefficient (Wildman–Crippen LogP) is 1.83. The van der Waals surface area contributed by atoms with Gasteiger partial charge in [-0.3, -0.25) is 4.79 Å². The molecule has 19 heavy (non-hydrogen) atoms. The molecule has 1 rings (SSSR count). The molecule has 0 aromatic carbocycles. The lowest BCUT2D eigenvalue weighted by Gasteiger charge is -2.27. The summed E-state index contributed by atoms with van der Waals surface area (Å²) in [4.78, 5) is 23.6. The van der Waals surface area contributed by atoms with Gasteiger partial charge in [0.1, 0.15) is 0 Å². The van der Waals surface area contributed by atoms with Crippen molar-refractivity contribution in [2.24, 2.45) is 5.41 Å². The Morgan fingerprint density at radius 3 is 2.42 bits per heavy atom. The van der Waals surface area contributed by atoms with Crippen molar-refractivity contribution in [3.05, 3.63) is 0 Å². The number of nitrogens with zero attached hydrogens (tertiary/aromatic N) is 1. The molecule has 0 aliphatic carbocycles. The van der Waals surface area contributed by atoms with E-state index in [2.05, 4.69) is 5.32 Å². The van der Waals surface area contributed by atoms with Crippen LogP contribution in [0.25, 0.3) is 0 Å². The van der Waals surface area contributed by atoms with Gasteiger partial charge in [-0.2, -0.15) is 13.2 Å². The molecule has 0 spiro atoms. The number of amides is 2. The van der Waals surface area contributed by atoms with Gasteiger partial charge in [-0.05, 0) is 19.8 Å². The minimum Gasteiger partial charge on any atom is -0.481 e. The number of urea groups is 1. The smallest absolute Gasteiger partial charge is 0.406 e. The third kappa shape index (κ3) is 2.93. The molecule has 0 saturated carbocycles. The monoisotopic (exact) mass is 282 g/mol. The van der Waals surface area contributed by atoms with Crippen LogP contribution in [-0.2, 0) is 4.79 Å². The van der Waals surface area contributed by atoms with Gasteiger partial charge >= 0.3 is 18.2 Å². The van der Waals surface area contributed by atoms with Gasteiger partial charge in [0, 0.05) is 19.1 Å². The van der Waals surface area contributed by atoms with E-state index in [9.17, 15) is 22.8 Å². The first-order valence-corrected chi connectivity index (χ1v) is 5.99. The van der Waals surface area contributed by atoms with E-state index in [-0.39, 0.29) is 12.6 Å². The largest absolute Gasteiger partial charge is 0.481 e. The Bertz CT molecular complexity index is 373. The van der Waals surface area contributed by atoms with Crippen LogP contribution in [0.2, 0.25) is 0 Å². The summed E-state index contributed by atoms with van der Waals surface area (Å²) in [6.07, 6.45) is -4.84. The summed E-state index contributed by atoms with van der Waals surface area (Å²) in [5.41, 5.74) is -2.85. The summed E-state index contributed by atoms with van der Waals surface area (Å²) in [6.45, 7) is 2.50. The van der Waals surface area contributed by atoms with E-state index in [4.69, 9.17) is 5.11 Å². The zero-order chi connectivity index (χ0) is 14.8. The zero-order valence-electron chi connectivity index (χ0n) is 10.8. The van der Waals surface area contributed by atoms with Crippen LogP contribution in [0.15, 0.2) is 0 Å². The molecular weight excluding hydrogens is 265 g/mol. The Kier molecular flexibility index (Phi) is 4.32. The molecule has 1 aliphatic heterocycles. The molecule has 2 amide bonds. The van der Waals surface area contributed by atoms with Crippen molar-refractivity contribution in [2.75, 3.05) is 13.1 Å². The van der Waals surface area contributed by atoms with Crippen molar-refractivity contribution in [3.8, 4) is 0 Å². The third-order valence-electron chi connectivity index (χ3n) is 3.49. The number of carboxylic acids is 1. The minimum atomic E-state index is -4.87. The Balaban J connectivity index is 2.81. The molecule has 1 fully saturated rings. The zero-order valence-corrected chi connectivity index (χ0v) is 10.8. The highest BCUT2D eigenvalue weighted by molar-refractivity contribution is 5.80. The first-order chi connectivity index (χ1) is 8.64. The molecule has 1 heterocycles. The quantitative estimate of drug-likeness (QED) is 0.829. The molecule has 1 saturated heterocycles. The van der Waals surface area contributed by atoms with Crippen LogP contribution in [0.3, 0.4) is 0 Å².